The highest BCUT2D eigenvalue weighted by molar-refractivity contribution is 6.30. The number of nitrogens with zero attached hydrogens (tertiary/aromatic N) is 6. The third kappa shape index (κ3) is 4.44. The minimum absolute atomic E-state index is 0.0429. The van der Waals surface area contributed by atoms with Crippen molar-refractivity contribution < 1.29 is 9.32 Å². The lowest BCUT2D eigenvalue weighted by Gasteiger charge is -2.35. The van der Waals surface area contributed by atoms with Crippen molar-refractivity contribution in [2.45, 2.75) is 27.7 Å². The van der Waals surface area contributed by atoms with Gasteiger partial charge in [-0.15, -0.1) is 0 Å². The Bertz CT molecular complexity index is 1420. The van der Waals surface area contributed by atoms with Gasteiger partial charge >= 0.3 is 0 Å². The van der Waals surface area contributed by atoms with Crippen LogP contribution in [0.2, 0.25) is 5.02 Å². The van der Waals surface area contributed by atoms with Crippen LogP contribution in [0.3, 0.4) is 0 Å². The second kappa shape index (κ2) is 9.70. The molecule has 3 aromatic heterocycles. The first kappa shape index (κ1) is 23.9. The van der Waals surface area contributed by atoms with Gasteiger partial charge in [0.1, 0.15) is 17.1 Å². The first-order chi connectivity index (χ1) is 17.3. The highest BCUT2D eigenvalue weighted by Crippen LogP contribution is 2.34. The van der Waals surface area contributed by atoms with Gasteiger partial charge in [0.05, 0.1) is 23.3 Å². The van der Waals surface area contributed by atoms with E-state index < -0.39 is 0 Å². The maximum absolute atomic E-state index is 13.0. The van der Waals surface area contributed by atoms with E-state index in [-0.39, 0.29) is 5.91 Å². The molecule has 4 heterocycles. The van der Waals surface area contributed by atoms with Crippen molar-refractivity contribution >= 4 is 23.3 Å². The number of benzene rings is 1. The molecule has 5 rings (SSSR count). The summed E-state index contributed by atoms with van der Waals surface area (Å²) >= 11 is 6.21. The maximum atomic E-state index is 13.0. The minimum atomic E-state index is -0.0429. The SMILES string of the molecule is Cc1cc(Cl)ccc1-c1ncc(N2CCN(C(=O)c3c(C)noc3C)CC2)nc1-c1ccncc1C. The van der Waals surface area contributed by atoms with Crippen molar-refractivity contribution in [1.82, 2.24) is 25.0 Å². The van der Waals surface area contributed by atoms with Gasteiger partial charge in [-0.05, 0) is 57.0 Å². The van der Waals surface area contributed by atoms with E-state index in [4.69, 9.17) is 26.1 Å². The predicted octanol–water partition coefficient (Wildman–Crippen LogP) is 5.04. The highest BCUT2D eigenvalue weighted by Gasteiger charge is 2.28. The van der Waals surface area contributed by atoms with E-state index in [0.29, 0.717) is 48.2 Å². The van der Waals surface area contributed by atoms with Crippen LogP contribution in [0.15, 0.2) is 47.4 Å². The molecular weight excluding hydrogens is 476 g/mol. The molecule has 1 amide bonds. The number of amides is 1. The summed E-state index contributed by atoms with van der Waals surface area (Å²) < 4.78 is 5.19. The summed E-state index contributed by atoms with van der Waals surface area (Å²) in [6, 6.07) is 7.77. The highest BCUT2D eigenvalue weighted by atomic mass is 35.5. The third-order valence-corrected chi connectivity index (χ3v) is 6.85. The number of halogens is 1. The van der Waals surface area contributed by atoms with Gasteiger partial charge in [-0.3, -0.25) is 14.8 Å². The van der Waals surface area contributed by atoms with E-state index >= 15 is 0 Å². The van der Waals surface area contributed by atoms with Gasteiger partial charge in [-0.2, -0.15) is 0 Å². The molecule has 1 aliphatic heterocycles. The van der Waals surface area contributed by atoms with E-state index in [1.165, 1.54) is 0 Å². The van der Waals surface area contributed by atoms with Crippen molar-refractivity contribution in [2.75, 3.05) is 31.1 Å². The molecule has 1 fully saturated rings. The van der Waals surface area contributed by atoms with Crippen molar-refractivity contribution in [3.05, 3.63) is 76.0 Å². The Morgan fingerprint density at radius 3 is 2.36 bits per heavy atom. The molecule has 1 aliphatic rings. The number of anilines is 1. The van der Waals surface area contributed by atoms with Crippen molar-refractivity contribution in [3.8, 4) is 22.5 Å². The molecule has 0 N–H and O–H groups in total. The van der Waals surface area contributed by atoms with E-state index in [2.05, 4.69) is 15.0 Å². The molecule has 184 valence electrons. The third-order valence-electron chi connectivity index (χ3n) is 6.62. The normalized spacial score (nSPS) is 13.8. The summed E-state index contributed by atoms with van der Waals surface area (Å²) in [5.74, 6) is 1.29. The Hall–Kier alpha value is -3.78. The molecule has 0 aliphatic carbocycles. The van der Waals surface area contributed by atoms with Crippen LogP contribution in [-0.2, 0) is 0 Å². The molecule has 36 heavy (non-hydrogen) atoms. The summed E-state index contributed by atoms with van der Waals surface area (Å²) in [4.78, 5) is 31.3. The Morgan fingerprint density at radius 1 is 0.944 bits per heavy atom. The molecule has 1 saturated heterocycles. The molecule has 0 unspecified atom stereocenters. The lowest BCUT2D eigenvalue weighted by Crippen LogP contribution is -2.49. The number of hydrogen-bond donors (Lipinski definition) is 0. The van der Waals surface area contributed by atoms with Crippen LogP contribution in [0.25, 0.3) is 22.5 Å². The molecule has 4 aromatic rings. The van der Waals surface area contributed by atoms with Gasteiger partial charge in [0.25, 0.3) is 5.91 Å². The first-order valence-corrected chi connectivity index (χ1v) is 12.2. The van der Waals surface area contributed by atoms with Crippen LogP contribution < -0.4 is 4.90 Å². The molecular formula is C27H27ClN6O2. The lowest BCUT2D eigenvalue weighted by atomic mass is 9.99. The van der Waals surface area contributed by atoms with Gasteiger partial charge in [-0.1, -0.05) is 22.8 Å². The first-order valence-electron chi connectivity index (χ1n) is 11.8. The molecule has 0 radical (unpaired) electrons. The molecule has 0 atom stereocenters. The summed E-state index contributed by atoms with van der Waals surface area (Å²) in [5.41, 5.74) is 6.80. The second-order valence-electron chi connectivity index (χ2n) is 9.05. The van der Waals surface area contributed by atoms with Crippen LogP contribution in [0.5, 0.6) is 0 Å². The topological polar surface area (TPSA) is 88.3 Å². The molecule has 0 spiro atoms. The van der Waals surface area contributed by atoms with Gasteiger partial charge in [0, 0.05) is 54.7 Å². The van der Waals surface area contributed by atoms with Gasteiger partial charge in [-0.25, -0.2) is 4.98 Å². The van der Waals surface area contributed by atoms with Crippen LogP contribution in [0.1, 0.15) is 32.9 Å². The van der Waals surface area contributed by atoms with E-state index in [9.17, 15) is 4.79 Å². The number of carbonyl (C=O) groups is 1. The average molecular weight is 503 g/mol. The Balaban J connectivity index is 1.46. The lowest BCUT2D eigenvalue weighted by molar-refractivity contribution is 0.0744. The fourth-order valence-corrected chi connectivity index (χ4v) is 4.86. The number of rotatable bonds is 4. The molecule has 0 saturated carbocycles. The largest absolute Gasteiger partial charge is 0.361 e. The number of aromatic nitrogens is 4. The molecule has 0 bridgehead atoms. The summed E-state index contributed by atoms with van der Waals surface area (Å²) in [5, 5.41) is 4.61. The zero-order chi connectivity index (χ0) is 25.4. The Labute approximate surface area is 214 Å². The van der Waals surface area contributed by atoms with Crippen LogP contribution in [-0.4, -0.2) is 57.1 Å². The van der Waals surface area contributed by atoms with Crippen LogP contribution in [0, 0.1) is 27.7 Å². The predicted molar refractivity (Wildman–Crippen MR) is 139 cm³/mol. The standard InChI is InChI=1S/C27H27ClN6O2/c1-16-13-20(28)5-6-21(16)25-26(22-7-8-29-14-17(22)2)31-23(15-30-25)33-9-11-34(12-10-33)27(35)24-18(3)32-36-19(24)4/h5-8,13-15H,9-12H2,1-4H3. The zero-order valence-corrected chi connectivity index (χ0v) is 21.5. The maximum Gasteiger partial charge on any atom is 0.259 e. The Kier molecular flexibility index (Phi) is 6.45. The van der Waals surface area contributed by atoms with Gasteiger partial charge in [0.15, 0.2) is 0 Å². The fourth-order valence-electron chi connectivity index (χ4n) is 4.63. The summed E-state index contributed by atoms with van der Waals surface area (Å²) in [6.45, 7) is 10.1. The average Bonchev–Trinajstić information content (AvgIpc) is 3.21. The van der Waals surface area contributed by atoms with Crippen LogP contribution in [0.4, 0.5) is 5.82 Å². The van der Waals surface area contributed by atoms with Gasteiger partial charge in [0.2, 0.25) is 0 Å². The monoisotopic (exact) mass is 502 g/mol. The fraction of sp³-hybridized carbons (Fsp3) is 0.296. The van der Waals surface area contributed by atoms with E-state index in [1.54, 1.807) is 20.0 Å². The van der Waals surface area contributed by atoms with E-state index in [0.717, 1.165) is 39.5 Å². The molecule has 8 nitrogen and oxygen atoms in total. The molecule has 1 aromatic carbocycles. The number of aryl methyl sites for hydroxylation is 4. The quantitative estimate of drug-likeness (QED) is 0.386. The number of carbonyl (C=O) groups excluding carboxylic acids is 1. The Morgan fingerprint density at radius 2 is 1.69 bits per heavy atom. The summed E-state index contributed by atoms with van der Waals surface area (Å²) in [6.07, 6.45) is 5.42. The van der Waals surface area contributed by atoms with Crippen molar-refractivity contribution in [3.63, 3.8) is 0 Å². The second-order valence-corrected chi connectivity index (χ2v) is 9.49. The minimum Gasteiger partial charge on any atom is -0.361 e. The van der Waals surface area contributed by atoms with Crippen molar-refractivity contribution in [2.24, 2.45) is 0 Å². The zero-order valence-electron chi connectivity index (χ0n) is 20.7. The number of pyridine rings is 1. The summed E-state index contributed by atoms with van der Waals surface area (Å²) in [7, 11) is 0. The number of piperazine rings is 1. The number of hydrogen-bond acceptors (Lipinski definition) is 7. The van der Waals surface area contributed by atoms with Crippen molar-refractivity contribution in [1.29, 1.82) is 0 Å². The van der Waals surface area contributed by atoms with Crippen LogP contribution >= 0.6 is 11.6 Å². The smallest absolute Gasteiger partial charge is 0.259 e. The van der Waals surface area contributed by atoms with Gasteiger partial charge < -0.3 is 14.3 Å². The molecule has 9 heteroatoms. The van der Waals surface area contributed by atoms with E-state index in [1.807, 2.05) is 55.4 Å².